The molecule has 0 unspecified atom stereocenters. The normalized spacial score (nSPS) is 13.1. The minimum atomic E-state index is -0.815. The molecule has 9 heteroatoms. The van der Waals surface area contributed by atoms with E-state index in [0.717, 1.165) is 0 Å². The molecule has 0 fully saturated rings. The summed E-state index contributed by atoms with van der Waals surface area (Å²) < 4.78 is 1.59. The number of carbonyl (C=O) groups is 3. The molecule has 2 heterocycles. The molecule has 0 saturated heterocycles. The van der Waals surface area contributed by atoms with Gasteiger partial charge in [0.15, 0.2) is 0 Å². The lowest BCUT2D eigenvalue weighted by Gasteiger charge is -2.13. The van der Waals surface area contributed by atoms with Gasteiger partial charge in [-0.25, -0.2) is 0 Å². The summed E-state index contributed by atoms with van der Waals surface area (Å²) in [6, 6.07) is 9.41. The summed E-state index contributed by atoms with van der Waals surface area (Å²) in [4.78, 5) is 37.8. The molecule has 0 aliphatic carbocycles. The molecule has 1 aromatic heterocycles. The van der Waals surface area contributed by atoms with Gasteiger partial charge in [0.2, 0.25) is 0 Å². The molecule has 2 aromatic carbocycles. The van der Waals surface area contributed by atoms with Crippen LogP contribution in [0.2, 0.25) is 5.02 Å². The van der Waals surface area contributed by atoms with Gasteiger partial charge in [0.25, 0.3) is 17.7 Å². The molecule has 0 bridgehead atoms. The number of aliphatic hydroxyl groups excluding tert-OH is 2. The maximum Gasteiger partial charge on any atom is 0.268 e. The first-order valence-corrected chi connectivity index (χ1v) is 9.54. The lowest BCUT2D eigenvalue weighted by Crippen LogP contribution is -2.40. The summed E-state index contributed by atoms with van der Waals surface area (Å²) in [5.41, 5.74) is 2.24. The van der Waals surface area contributed by atoms with Crippen LogP contribution in [0.4, 0.5) is 0 Å². The second-order valence-corrected chi connectivity index (χ2v) is 7.40. The van der Waals surface area contributed by atoms with E-state index in [1.165, 1.54) is 6.07 Å². The molecule has 4 N–H and O–H groups in total. The zero-order chi connectivity index (χ0) is 21.6. The van der Waals surface area contributed by atoms with Crippen LogP contribution in [0.25, 0.3) is 22.0 Å². The van der Waals surface area contributed by atoms with Crippen LogP contribution in [0, 0.1) is 0 Å². The highest BCUT2D eigenvalue weighted by Crippen LogP contribution is 2.39. The number of nitrogens with one attached hydrogen (secondary N) is 2. The number of benzene rings is 2. The van der Waals surface area contributed by atoms with Crippen molar-refractivity contribution in [2.45, 2.75) is 6.04 Å². The van der Waals surface area contributed by atoms with E-state index in [1.807, 2.05) is 0 Å². The molecule has 0 saturated carbocycles. The number of amides is 3. The predicted octanol–water partition coefficient (Wildman–Crippen LogP) is 1.47. The predicted molar refractivity (Wildman–Crippen MR) is 111 cm³/mol. The number of rotatable bonds is 5. The average Bonchev–Trinajstić information content (AvgIpc) is 3.22. The Hall–Kier alpha value is -3.20. The number of hydrogen-bond acceptors (Lipinski definition) is 5. The third-order valence-electron chi connectivity index (χ3n) is 5.20. The quantitative estimate of drug-likeness (QED) is 0.459. The second kappa shape index (κ2) is 7.56. The Labute approximate surface area is 176 Å². The molecule has 1 aliphatic rings. The van der Waals surface area contributed by atoms with E-state index in [2.05, 4.69) is 10.6 Å². The van der Waals surface area contributed by atoms with Gasteiger partial charge in [0.1, 0.15) is 5.69 Å². The van der Waals surface area contributed by atoms with Gasteiger partial charge in [-0.05, 0) is 23.8 Å². The van der Waals surface area contributed by atoms with Crippen molar-refractivity contribution in [3.63, 3.8) is 0 Å². The van der Waals surface area contributed by atoms with E-state index in [1.54, 1.807) is 41.9 Å². The van der Waals surface area contributed by atoms with Crippen molar-refractivity contribution in [2.24, 2.45) is 7.05 Å². The minimum Gasteiger partial charge on any atom is -0.394 e. The average molecular weight is 428 g/mol. The van der Waals surface area contributed by atoms with Crippen molar-refractivity contribution < 1.29 is 24.6 Å². The van der Waals surface area contributed by atoms with E-state index in [0.29, 0.717) is 27.1 Å². The first kappa shape index (κ1) is 20.1. The van der Waals surface area contributed by atoms with Crippen LogP contribution in [-0.2, 0) is 7.05 Å². The summed E-state index contributed by atoms with van der Waals surface area (Å²) in [5, 5.41) is 24.2. The van der Waals surface area contributed by atoms with Crippen molar-refractivity contribution in [1.29, 1.82) is 0 Å². The fourth-order valence-corrected chi connectivity index (χ4v) is 3.93. The summed E-state index contributed by atoms with van der Waals surface area (Å²) >= 11 is 6.35. The Balaban J connectivity index is 1.97. The molecule has 3 amide bonds. The summed E-state index contributed by atoms with van der Waals surface area (Å²) in [5.74, 6) is -1.60. The Morgan fingerprint density at radius 3 is 2.43 bits per heavy atom. The van der Waals surface area contributed by atoms with E-state index in [9.17, 15) is 24.6 Å². The molecule has 1 aliphatic heterocycles. The highest BCUT2D eigenvalue weighted by Gasteiger charge is 2.34. The number of aromatic nitrogens is 1. The van der Waals surface area contributed by atoms with Gasteiger partial charge in [-0.1, -0.05) is 29.8 Å². The standard InChI is InChI=1S/C21H18ClN3O5/c1-25-15-6-12(11-4-2-3-5-14(11)22)17-18(21(30)24-20(17)29)13(15)7-16(25)19(28)23-10(8-26)9-27/h2-7,10,26-27H,8-9H2,1H3,(H,23,28)(H,24,29,30). The molecule has 0 radical (unpaired) electrons. The number of imide groups is 1. The van der Waals surface area contributed by atoms with Gasteiger partial charge < -0.3 is 20.1 Å². The number of fused-ring (bicyclic) bond motifs is 3. The van der Waals surface area contributed by atoms with Gasteiger partial charge >= 0.3 is 0 Å². The summed E-state index contributed by atoms with van der Waals surface area (Å²) in [6.45, 7) is -0.843. The van der Waals surface area contributed by atoms with Crippen LogP contribution in [0.5, 0.6) is 0 Å². The van der Waals surface area contributed by atoms with Crippen LogP contribution in [0.3, 0.4) is 0 Å². The first-order valence-electron chi connectivity index (χ1n) is 9.17. The number of carbonyl (C=O) groups excluding carboxylic acids is 3. The maximum atomic E-state index is 12.7. The van der Waals surface area contributed by atoms with E-state index < -0.39 is 37.0 Å². The minimum absolute atomic E-state index is 0.183. The van der Waals surface area contributed by atoms with Crippen molar-refractivity contribution >= 4 is 40.2 Å². The van der Waals surface area contributed by atoms with Gasteiger partial charge in [-0.15, -0.1) is 0 Å². The third-order valence-corrected chi connectivity index (χ3v) is 5.53. The highest BCUT2D eigenvalue weighted by atomic mass is 35.5. The molecular formula is C21H18ClN3O5. The van der Waals surface area contributed by atoms with E-state index >= 15 is 0 Å². The Morgan fingerprint density at radius 2 is 1.77 bits per heavy atom. The zero-order valence-electron chi connectivity index (χ0n) is 15.9. The molecular weight excluding hydrogens is 410 g/mol. The van der Waals surface area contributed by atoms with Crippen LogP contribution in [0.15, 0.2) is 36.4 Å². The van der Waals surface area contributed by atoms with E-state index in [-0.39, 0.29) is 16.8 Å². The third kappa shape index (κ3) is 3.06. The lowest BCUT2D eigenvalue weighted by molar-refractivity contribution is 0.0865. The number of hydrogen-bond donors (Lipinski definition) is 4. The molecule has 3 aromatic rings. The first-order chi connectivity index (χ1) is 14.4. The molecule has 4 rings (SSSR count). The van der Waals surface area contributed by atoms with Crippen molar-refractivity contribution in [2.75, 3.05) is 13.2 Å². The lowest BCUT2D eigenvalue weighted by atomic mass is 9.94. The maximum absolute atomic E-state index is 12.7. The van der Waals surface area contributed by atoms with Crippen molar-refractivity contribution in [3.05, 3.63) is 58.2 Å². The van der Waals surface area contributed by atoms with Crippen LogP contribution < -0.4 is 10.6 Å². The Kier molecular flexibility index (Phi) is 5.07. The number of aliphatic hydroxyl groups is 2. The number of aryl methyl sites for hydroxylation is 1. The molecule has 30 heavy (non-hydrogen) atoms. The molecule has 154 valence electrons. The monoisotopic (exact) mass is 427 g/mol. The van der Waals surface area contributed by atoms with Gasteiger partial charge in [-0.3, -0.25) is 19.7 Å². The topological polar surface area (TPSA) is 121 Å². The van der Waals surface area contributed by atoms with Crippen molar-refractivity contribution in [3.8, 4) is 11.1 Å². The number of nitrogens with zero attached hydrogens (tertiary/aromatic N) is 1. The second-order valence-electron chi connectivity index (χ2n) is 6.99. The smallest absolute Gasteiger partial charge is 0.268 e. The Bertz CT molecular complexity index is 1210. The molecule has 8 nitrogen and oxygen atoms in total. The fraction of sp³-hybridized carbons (Fsp3) is 0.190. The summed E-state index contributed by atoms with van der Waals surface area (Å²) in [6.07, 6.45) is 0. The largest absolute Gasteiger partial charge is 0.394 e. The van der Waals surface area contributed by atoms with Gasteiger partial charge in [0, 0.05) is 28.5 Å². The Morgan fingerprint density at radius 1 is 1.10 bits per heavy atom. The summed E-state index contributed by atoms with van der Waals surface area (Å²) in [7, 11) is 1.65. The fourth-order valence-electron chi connectivity index (χ4n) is 3.69. The molecule has 0 spiro atoms. The van der Waals surface area contributed by atoms with Crippen LogP contribution >= 0.6 is 11.6 Å². The van der Waals surface area contributed by atoms with Crippen molar-refractivity contribution in [1.82, 2.24) is 15.2 Å². The van der Waals surface area contributed by atoms with E-state index in [4.69, 9.17) is 11.6 Å². The van der Waals surface area contributed by atoms with Crippen LogP contribution in [-0.4, -0.2) is 51.8 Å². The zero-order valence-corrected chi connectivity index (χ0v) is 16.7. The molecule has 0 atom stereocenters. The number of halogens is 1. The highest BCUT2D eigenvalue weighted by molar-refractivity contribution is 6.35. The van der Waals surface area contributed by atoms with Crippen LogP contribution in [0.1, 0.15) is 31.2 Å². The van der Waals surface area contributed by atoms with Gasteiger partial charge in [-0.2, -0.15) is 0 Å². The van der Waals surface area contributed by atoms with Gasteiger partial charge in [0.05, 0.1) is 30.4 Å². The SMILES string of the molecule is Cn1c(C(=O)NC(CO)CO)cc2c3c(c(-c4ccccc4Cl)cc21)C(=O)NC3=O.